The van der Waals surface area contributed by atoms with Gasteiger partial charge in [0.2, 0.25) is 0 Å². The Morgan fingerprint density at radius 1 is 1.13 bits per heavy atom. The van der Waals surface area contributed by atoms with Gasteiger partial charge in [-0.2, -0.15) is 0 Å². The van der Waals surface area contributed by atoms with Crippen molar-refractivity contribution < 1.29 is 9.59 Å². The number of nitrogens with zero attached hydrogens (tertiary/aromatic N) is 3. The number of H-pyrrole nitrogens is 1. The monoisotopic (exact) mass is 419 g/mol. The van der Waals surface area contributed by atoms with Gasteiger partial charge in [-0.3, -0.25) is 9.59 Å². The third kappa shape index (κ3) is 3.43. The number of ketones is 1. The molecule has 0 aliphatic carbocycles. The number of aromatic nitrogens is 4. The van der Waals surface area contributed by atoms with Gasteiger partial charge < -0.3 is 10.3 Å². The van der Waals surface area contributed by atoms with E-state index in [0.29, 0.717) is 28.2 Å². The first-order valence-corrected chi connectivity index (χ1v) is 10.2. The van der Waals surface area contributed by atoms with E-state index in [2.05, 4.69) is 15.4 Å². The maximum atomic E-state index is 13.0. The van der Waals surface area contributed by atoms with Crippen LogP contribution in [0.2, 0.25) is 0 Å². The van der Waals surface area contributed by atoms with E-state index < -0.39 is 0 Å². The van der Waals surface area contributed by atoms with Crippen molar-refractivity contribution in [3.05, 3.63) is 68.4 Å². The average molecular weight is 419 g/mol. The molecule has 0 bridgehead atoms. The zero-order valence-corrected chi connectivity index (χ0v) is 18.3. The number of hydrogen-bond acceptors (Lipinski definition) is 4. The van der Waals surface area contributed by atoms with Gasteiger partial charge in [-0.1, -0.05) is 12.1 Å². The summed E-state index contributed by atoms with van der Waals surface area (Å²) in [6, 6.07) is 8.01. The largest absolute Gasteiger partial charge is 0.355 e. The zero-order valence-electron chi connectivity index (χ0n) is 18.3. The maximum absolute atomic E-state index is 13.0. The van der Waals surface area contributed by atoms with E-state index in [0.717, 1.165) is 22.0 Å². The van der Waals surface area contributed by atoms with Crippen LogP contribution >= 0.6 is 0 Å². The number of Topliss-reactive ketones (excluding diaryl/α,β-unsaturated/α-hetero) is 1. The Bertz CT molecular complexity index is 1420. The first-order valence-electron chi connectivity index (χ1n) is 10.2. The highest BCUT2D eigenvalue weighted by molar-refractivity contribution is 6.02. The number of fused-ring (bicyclic) bond motifs is 3. The van der Waals surface area contributed by atoms with E-state index in [-0.39, 0.29) is 30.5 Å². The molecule has 2 N–H and O–H groups in total. The summed E-state index contributed by atoms with van der Waals surface area (Å²) in [6.07, 6.45) is 0. The van der Waals surface area contributed by atoms with Crippen LogP contribution in [0.25, 0.3) is 16.6 Å². The van der Waals surface area contributed by atoms with Crippen LogP contribution in [0.3, 0.4) is 0 Å². The molecule has 0 saturated heterocycles. The van der Waals surface area contributed by atoms with Gasteiger partial charge in [-0.05, 0) is 61.9 Å². The fourth-order valence-electron chi connectivity index (χ4n) is 4.10. The van der Waals surface area contributed by atoms with Crippen molar-refractivity contribution in [1.29, 1.82) is 0 Å². The van der Waals surface area contributed by atoms with Crippen molar-refractivity contribution in [3.63, 3.8) is 0 Å². The second kappa shape index (κ2) is 7.54. The van der Waals surface area contributed by atoms with Gasteiger partial charge >= 0.3 is 5.69 Å². The molecule has 4 aromatic rings. The van der Waals surface area contributed by atoms with Gasteiger partial charge in [0.15, 0.2) is 11.4 Å². The Hall–Kier alpha value is -3.68. The lowest BCUT2D eigenvalue weighted by molar-refractivity contribution is 0.0950. The SMILES string of the molecule is CC(=O)c1[nH]c(C)c(C(=O)NCCn2nc3c(C)cc4ccc(C)cc4n3c2=O)c1C. The number of aryl methyl sites for hydroxylation is 3. The van der Waals surface area contributed by atoms with Crippen LogP contribution in [0.1, 0.15) is 50.2 Å². The molecule has 8 nitrogen and oxygen atoms in total. The molecule has 0 unspecified atom stereocenters. The van der Waals surface area contributed by atoms with Crippen LogP contribution in [0.5, 0.6) is 0 Å². The number of pyridine rings is 1. The molecular weight excluding hydrogens is 394 g/mol. The van der Waals surface area contributed by atoms with Gasteiger partial charge in [0.05, 0.1) is 23.3 Å². The topological polar surface area (TPSA) is 101 Å². The van der Waals surface area contributed by atoms with Crippen LogP contribution in [-0.4, -0.2) is 37.4 Å². The van der Waals surface area contributed by atoms with E-state index >= 15 is 0 Å². The fraction of sp³-hybridized carbons (Fsp3) is 0.304. The molecule has 160 valence electrons. The van der Waals surface area contributed by atoms with Crippen molar-refractivity contribution in [2.75, 3.05) is 6.54 Å². The first kappa shape index (κ1) is 20.6. The molecular formula is C23H25N5O3. The Kier molecular flexibility index (Phi) is 5.00. The molecule has 3 aromatic heterocycles. The normalized spacial score (nSPS) is 11.4. The van der Waals surface area contributed by atoms with Crippen molar-refractivity contribution in [1.82, 2.24) is 24.5 Å². The molecule has 8 heteroatoms. The van der Waals surface area contributed by atoms with Gasteiger partial charge in [0.25, 0.3) is 5.91 Å². The quantitative estimate of drug-likeness (QED) is 0.486. The minimum Gasteiger partial charge on any atom is -0.355 e. The highest BCUT2D eigenvalue weighted by Crippen LogP contribution is 2.20. The zero-order chi connectivity index (χ0) is 22.4. The molecule has 0 aliphatic rings. The van der Waals surface area contributed by atoms with Crippen molar-refractivity contribution in [2.45, 2.75) is 41.2 Å². The lowest BCUT2D eigenvalue weighted by Gasteiger charge is -2.06. The summed E-state index contributed by atoms with van der Waals surface area (Å²) in [6.45, 7) is 9.35. The number of aromatic amines is 1. The highest BCUT2D eigenvalue weighted by atomic mass is 16.2. The lowest BCUT2D eigenvalue weighted by atomic mass is 10.1. The molecule has 0 fully saturated rings. The number of carbonyl (C=O) groups excluding carboxylic acids is 2. The third-order valence-electron chi connectivity index (χ3n) is 5.62. The number of carbonyl (C=O) groups is 2. The Morgan fingerprint density at radius 2 is 1.87 bits per heavy atom. The van der Waals surface area contributed by atoms with Crippen LogP contribution < -0.4 is 11.0 Å². The number of benzene rings is 1. The van der Waals surface area contributed by atoms with E-state index in [9.17, 15) is 14.4 Å². The van der Waals surface area contributed by atoms with Gasteiger partial charge in [-0.15, -0.1) is 5.10 Å². The second-order valence-corrected chi connectivity index (χ2v) is 7.99. The van der Waals surface area contributed by atoms with Crippen LogP contribution in [0, 0.1) is 27.7 Å². The first-order chi connectivity index (χ1) is 14.7. The van der Waals surface area contributed by atoms with E-state index in [1.165, 1.54) is 11.6 Å². The van der Waals surface area contributed by atoms with Crippen LogP contribution in [0.15, 0.2) is 29.1 Å². The summed E-state index contributed by atoms with van der Waals surface area (Å²) in [5.74, 6) is -0.401. The van der Waals surface area contributed by atoms with Crippen molar-refractivity contribution in [3.8, 4) is 0 Å². The highest BCUT2D eigenvalue weighted by Gasteiger charge is 2.20. The molecule has 1 aromatic carbocycles. The summed E-state index contributed by atoms with van der Waals surface area (Å²) in [5.41, 5.74) is 5.33. The van der Waals surface area contributed by atoms with Crippen molar-refractivity contribution >= 4 is 28.2 Å². The lowest BCUT2D eigenvalue weighted by Crippen LogP contribution is -2.31. The Labute approximate surface area is 178 Å². The summed E-state index contributed by atoms with van der Waals surface area (Å²) < 4.78 is 3.00. The molecule has 3 heterocycles. The van der Waals surface area contributed by atoms with E-state index in [4.69, 9.17) is 0 Å². The van der Waals surface area contributed by atoms with E-state index in [1.54, 1.807) is 18.2 Å². The fourth-order valence-corrected chi connectivity index (χ4v) is 4.10. The smallest absolute Gasteiger partial charge is 0.350 e. The second-order valence-electron chi connectivity index (χ2n) is 7.99. The van der Waals surface area contributed by atoms with Crippen LogP contribution in [-0.2, 0) is 6.54 Å². The Morgan fingerprint density at radius 3 is 2.55 bits per heavy atom. The molecule has 0 atom stereocenters. The molecule has 4 rings (SSSR count). The third-order valence-corrected chi connectivity index (χ3v) is 5.62. The minimum atomic E-state index is -0.284. The number of nitrogens with one attached hydrogen (secondary N) is 2. The summed E-state index contributed by atoms with van der Waals surface area (Å²) in [5, 5.41) is 8.30. The van der Waals surface area contributed by atoms with Gasteiger partial charge in [0, 0.05) is 19.2 Å². The molecule has 0 saturated carbocycles. The summed E-state index contributed by atoms with van der Waals surface area (Å²) >= 11 is 0. The molecule has 0 radical (unpaired) electrons. The number of hydrogen-bond donors (Lipinski definition) is 2. The summed E-state index contributed by atoms with van der Waals surface area (Å²) in [7, 11) is 0. The molecule has 1 amide bonds. The maximum Gasteiger partial charge on any atom is 0.350 e. The van der Waals surface area contributed by atoms with Gasteiger partial charge in [-0.25, -0.2) is 13.9 Å². The number of rotatable bonds is 5. The molecule has 0 spiro atoms. The van der Waals surface area contributed by atoms with Crippen molar-refractivity contribution in [2.24, 2.45) is 0 Å². The predicted molar refractivity (Wildman–Crippen MR) is 119 cm³/mol. The number of amides is 1. The summed E-state index contributed by atoms with van der Waals surface area (Å²) in [4.78, 5) is 40.4. The average Bonchev–Trinajstić information content (AvgIpc) is 3.19. The minimum absolute atomic E-state index is 0.117. The standard InChI is InChI=1S/C23H25N5O3/c1-12-6-7-17-11-13(2)21-26-27(23(31)28(21)18(17)10-12)9-8-24-22(30)19-14(3)20(16(5)29)25-15(19)4/h6-7,10-11,25H,8-9H2,1-5H3,(H,24,30). The molecule has 31 heavy (non-hydrogen) atoms. The van der Waals surface area contributed by atoms with Crippen LogP contribution in [0.4, 0.5) is 0 Å². The molecule has 0 aliphatic heterocycles. The van der Waals surface area contributed by atoms with E-state index in [1.807, 2.05) is 38.1 Å². The predicted octanol–water partition coefficient (Wildman–Crippen LogP) is 2.84. The Balaban J connectivity index is 1.60. The van der Waals surface area contributed by atoms with Gasteiger partial charge in [0.1, 0.15) is 0 Å².